The molecule has 34 heavy (non-hydrogen) atoms. The van der Waals surface area contributed by atoms with E-state index < -0.39 is 28.3 Å². The normalized spacial score (nSPS) is 12.8. The van der Waals surface area contributed by atoms with Crippen LogP contribution in [0.2, 0.25) is 5.02 Å². The molecule has 0 aromatic heterocycles. The summed E-state index contributed by atoms with van der Waals surface area (Å²) >= 11 is 5.91. The molecule has 10 heteroatoms. The summed E-state index contributed by atoms with van der Waals surface area (Å²) in [7, 11) is -2.62. The lowest BCUT2D eigenvalue weighted by Crippen LogP contribution is -2.41. The number of hydrogen-bond donors (Lipinski definition) is 0. The van der Waals surface area contributed by atoms with E-state index in [9.17, 15) is 17.6 Å². The molecule has 4 rings (SSSR count). The SMILES string of the molecule is CN(Cc1ccc(Cl)cc1)C(=O)CN(c1ccc(F)cc1)S(=O)(=O)c1ccc2c(c1)OCCO2. The molecule has 0 bridgehead atoms. The van der Waals surface area contributed by atoms with Gasteiger partial charge in [-0.15, -0.1) is 0 Å². The summed E-state index contributed by atoms with van der Waals surface area (Å²) < 4.78 is 52.7. The maximum absolute atomic E-state index is 13.6. The number of halogens is 2. The van der Waals surface area contributed by atoms with Gasteiger partial charge in [0.2, 0.25) is 5.91 Å². The van der Waals surface area contributed by atoms with Crippen LogP contribution in [-0.2, 0) is 21.4 Å². The second-order valence-electron chi connectivity index (χ2n) is 7.67. The summed E-state index contributed by atoms with van der Waals surface area (Å²) in [6.45, 7) is 0.450. The van der Waals surface area contributed by atoms with Crippen LogP contribution in [0.3, 0.4) is 0 Å². The molecule has 1 amide bonds. The van der Waals surface area contributed by atoms with Crippen molar-refractivity contribution in [1.82, 2.24) is 4.90 Å². The van der Waals surface area contributed by atoms with Crippen LogP contribution < -0.4 is 13.8 Å². The quantitative estimate of drug-likeness (QED) is 0.484. The molecular weight excluding hydrogens is 483 g/mol. The van der Waals surface area contributed by atoms with Gasteiger partial charge in [-0.2, -0.15) is 0 Å². The van der Waals surface area contributed by atoms with Gasteiger partial charge in [0.25, 0.3) is 10.0 Å². The third kappa shape index (κ3) is 5.26. The Kier molecular flexibility index (Phi) is 6.95. The topological polar surface area (TPSA) is 76.2 Å². The summed E-state index contributed by atoms with van der Waals surface area (Å²) in [5, 5.41) is 0.575. The predicted molar refractivity (Wildman–Crippen MR) is 126 cm³/mol. The molecule has 0 aliphatic carbocycles. The summed E-state index contributed by atoms with van der Waals surface area (Å²) in [6.07, 6.45) is 0. The summed E-state index contributed by atoms with van der Waals surface area (Å²) in [5.74, 6) is -0.220. The van der Waals surface area contributed by atoms with Gasteiger partial charge >= 0.3 is 0 Å². The van der Waals surface area contributed by atoms with Crippen molar-refractivity contribution in [2.24, 2.45) is 0 Å². The number of hydrogen-bond acceptors (Lipinski definition) is 5. The fraction of sp³-hybridized carbons (Fsp3) is 0.208. The van der Waals surface area contributed by atoms with Crippen molar-refractivity contribution in [2.45, 2.75) is 11.4 Å². The summed E-state index contributed by atoms with van der Waals surface area (Å²) in [5.41, 5.74) is 0.993. The number of carbonyl (C=O) groups excluding carboxylic acids is 1. The third-order valence-corrected chi connectivity index (χ3v) is 7.28. The maximum atomic E-state index is 13.6. The van der Waals surface area contributed by atoms with Crippen molar-refractivity contribution in [3.05, 3.63) is 83.1 Å². The average Bonchev–Trinajstić information content (AvgIpc) is 2.84. The Morgan fingerprint density at radius 3 is 2.29 bits per heavy atom. The molecule has 3 aromatic carbocycles. The van der Waals surface area contributed by atoms with Gasteiger partial charge < -0.3 is 14.4 Å². The molecule has 178 valence electrons. The lowest BCUT2D eigenvalue weighted by atomic mass is 10.2. The number of fused-ring (bicyclic) bond motifs is 1. The Bertz CT molecular complexity index is 1280. The highest BCUT2D eigenvalue weighted by Gasteiger charge is 2.30. The van der Waals surface area contributed by atoms with E-state index in [1.54, 1.807) is 31.3 Å². The number of carbonyl (C=O) groups is 1. The molecule has 0 radical (unpaired) electrons. The van der Waals surface area contributed by atoms with E-state index in [1.165, 1.54) is 35.2 Å². The molecule has 0 atom stereocenters. The Hall–Kier alpha value is -3.30. The Morgan fingerprint density at radius 1 is 0.971 bits per heavy atom. The molecule has 0 unspecified atom stereocenters. The first-order valence-corrected chi connectivity index (χ1v) is 12.2. The van der Waals surface area contributed by atoms with Crippen LogP contribution in [0.4, 0.5) is 10.1 Å². The van der Waals surface area contributed by atoms with Crippen molar-refractivity contribution in [3.8, 4) is 11.5 Å². The predicted octanol–water partition coefficient (Wildman–Crippen LogP) is 4.10. The molecule has 3 aromatic rings. The van der Waals surface area contributed by atoms with Crippen LogP contribution in [0, 0.1) is 5.82 Å². The van der Waals surface area contributed by atoms with Crippen molar-refractivity contribution >= 4 is 33.2 Å². The van der Waals surface area contributed by atoms with Crippen LogP contribution in [0.15, 0.2) is 71.6 Å². The molecule has 7 nitrogen and oxygen atoms in total. The molecule has 0 fully saturated rings. The standard InChI is InChI=1S/C24H22ClFN2O5S/c1-27(15-17-2-4-18(25)5-3-17)24(29)16-28(20-8-6-19(26)7-9-20)34(30,31)21-10-11-22-23(14-21)33-13-12-32-22/h2-11,14H,12-13,15-16H2,1H3. The first-order valence-electron chi connectivity index (χ1n) is 10.4. The zero-order valence-electron chi connectivity index (χ0n) is 18.3. The third-order valence-electron chi connectivity index (χ3n) is 5.25. The van der Waals surface area contributed by atoms with E-state index in [0.29, 0.717) is 29.7 Å². The minimum Gasteiger partial charge on any atom is -0.486 e. The first kappa shape index (κ1) is 23.8. The number of ether oxygens (including phenoxy) is 2. The molecule has 1 aliphatic heterocycles. The minimum atomic E-state index is -4.20. The van der Waals surface area contributed by atoms with Gasteiger partial charge in [0.1, 0.15) is 25.6 Å². The van der Waals surface area contributed by atoms with Gasteiger partial charge in [-0.3, -0.25) is 9.10 Å². The fourth-order valence-electron chi connectivity index (χ4n) is 3.43. The van der Waals surface area contributed by atoms with Crippen LogP contribution in [-0.4, -0.2) is 46.0 Å². The van der Waals surface area contributed by atoms with Crippen LogP contribution in [0.1, 0.15) is 5.56 Å². The zero-order valence-corrected chi connectivity index (χ0v) is 19.9. The molecule has 0 spiro atoms. The fourth-order valence-corrected chi connectivity index (χ4v) is 4.99. The molecule has 1 heterocycles. The smallest absolute Gasteiger partial charge is 0.264 e. The summed E-state index contributed by atoms with van der Waals surface area (Å²) in [6, 6.07) is 16.2. The van der Waals surface area contributed by atoms with E-state index in [0.717, 1.165) is 22.0 Å². The van der Waals surface area contributed by atoms with Gasteiger partial charge in [0.15, 0.2) is 11.5 Å². The van der Waals surface area contributed by atoms with Crippen LogP contribution >= 0.6 is 11.6 Å². The second kappa shape index (κ2) is 9.90. The van der Waals surface area contributed by atoms with Gasteiger partial charge in [-0.05, 0) is 54.1 Å². The molecule has 0 saturated heterocycles. The Morgan fingerprint density at radius 2 is 1.62 bits per heavy atom. The number of amides is 1. The minimum absolute atomic E-state index is 0.0748. The van der Waals surface area contributed by atoms with Gasteiger partial charge in [-0.25, -0.2) is 12.8 Å². The maximum Gasteiger partial charge on any atom is 0.264 e. The number of likely N-dealkylation sites (N-methyl/N-ethyl adjacent to an activating group) is 1. The number of rotatable bonds is 7. The number of anilines is 1. The molecular formula is C24H22ClFN2O5S. The largest absolute Gasteiger partial charge is 0.486 e. The monoisotopic (exact) mass is 504 g/mol. The lowest BCUT2D eigenvalue weighted by molar-refractivity contribution is -0.128. The van der Waals surface area contributed by atoms with Gasteiger partial charge in [0, 0.05) is 24.7 Å². The van der Waals surface area contributed by atoms with E-state index >= 15 is 0 Å². The Labute approximate surface area is 202 Å². The second-order valence-corrected chi connectivity index (χ2v) is 9.97. The first-order chi connectivity index (χ1) is 16.2. The zero-order chi connectivity index (χ0) is 24.3. The Balaban J connectivity index is 1.63. The summed E-state index contributed by atoms with van der Waals surface area (Å²) in [4.78, 5) is 14.4. The average molecular weight is 505 g/mol. The number of nitrogens with zero attached hydrogens (tertiary/aromatic N) is 2. The van der Waals surface area contributed by atoms with Crippen molar-refractivity contribution < 1.29 is 27.1 Å². The van der Waals surface area contributed by atoms with Crippen molar-refractivity contribution in [3.63, 3.8) is 0 Å². The van der Waals surface area contributed by atoms with Crippen molar-refractivity contribution in [2.75, 3.05) is 31.1 Å². The van der Waals surface area contributed by atoms with E-state index in [-0.39, 0.29) is 17.1 Å². The highest BCUT2D eigenvalue weighted by molar-refractivity contribution is 7.92. The molecule has 1 aliphatic rings. The highest BCUT2D eigenvalue weighted by atomic mass is 35.5. The van der Waals surface area contributed by atoms with E-state index in [4.69, 9.17) is 21.1 Å². The van der Waals surface area contributed by atoms with Gasteiger partial charge in [0.05, 0.1) is 10.6 Å². The van der Waals surface area contributed by atoms with E-state index in [1.807, 2.05) is 0 Å². The lowest BCUT2D eigenvalue weighted by Gasteiger charge is -2.27. The molecule has 0 saturated carbocycles. The van der Waals surface area contributed by atoms with Crippen LogP contribution in [0.5, 0.6) is 11.5 Å². The van der Waals surface area contributed by atoms with Crippen molar-refractivity contribution in [1.29, 1.82) is 0 Å². The highest BCUT2D eigenvalue weighted by Crippen LogP contribution is 2.34. The number of sulfonamides is 1. The number of benzene rings is 3. The van der Waals surface area contributed by atoms with Gasteiger partial charge in [-0.1, -0.05) is 23.7 Å². The van der Waals surface area contributed by atoms with Crippen LogP contribution in [0.25, 0.3) is 0 Å². The van der Waals surface area contributed by atoms with E-state index in [2.05, 4.69) is 0 Å². The molecule has 0 N–H and O–H groups in total.